The van der Waals surface area contributed by atoms with Gasteiger partial charge in [-0.1, -0.05) is 18.2 Å². The van der Waals surface area contributed by atoms with Gasteiger partial charge in [-0.3, -0.25) is 9.78 Å². The highest BCUT2D eigenvalue weighted by molar-refractivity contribution is 5.93. The summed E-state index contributed by atoms with van der Waals surface area (Å²) in [5.74, 6) is -0.165. The molecule has 0 unspecified atom stereocenters. The summed E-state index contributed by atoms with van der Waals surface area (Å²) >= 11 is 0. The van der Waals surface area contributed by atoms with Crippen molar-refractivity contribution >= 4 is 5.91 Å². The van der Waals surface area contributed by atoms with Crippen LogP contribution in [0.5, 0.6) is 0 Å². The fourth-order valence-electron chi connectivity index (χ4n) is 1.29. The number of amides is 1. The molecule has 0 spiro atoms. The highest BCUT2D eigenvalue weighted by Crippen LogP contribution is 2.02. The van der Waals surface area contributed by atoms with Crippen molar-refractivity contribution in [1.82, 2.24) is 10.3 Å². The van der Waals surface area contributed by atoms with Crippen molar-refractivity contribution in [2.75, 3.05) is 19.8 Å². The van der Waals surface area contributed by atoms with Gasteiger partial charge in [0.2, 0.25) is 0 Å². The van der Waals surface area contributed by atoms with E-state index in [9.17, 15) is 4.79 Å². The van der Waals surface area contributed by atoms with Crippen LogP contribution in [0.1, 0.15) is 23.0 Å². The van der Waals surface area contributed by atoms with Crippen LogP contribution in [0.2, 0.25) is 0 Å². The summed E-state index contributed by atoms with van der Waals surface area (Å²) in [5, 5.41) is 2.76. The molecule has 4 heteroatoms. The topological polar surface area (TPSA) is 51.2 Å². The van der Waals surface area contributed by atoms with Crippen LogP contribution in [-0.2, 0) is 4.74 Å². The molecule has 0 aromatic carbocycles. The average molecular weight is 234 g/mol. The highest BCUT2D eigenvalue weighted by atomic mass is 16.5. The number of carbonyl (C=O) groups excluding carboxylic acids is 1. The fraction of sp³-hybridized carbons (Fsp3) is 0.385. The maximum atomic E-state index is 11.7. The predicted octanol–water partition coefficient (Wildman–Crippen LogP) is 1.71. The number of hydrogen-bond donors (Lipinski definition) is 1. The van der Waals surface area contributed by atoms with Crippen LogP contribution < -0.4 is 5.32 Å². The van der Waals surface area contributed by atoms with E-state index >= 15 is 0 Å². The molecule has 0 saturated heterocycles. The molecule has 1 aromatic rings. The van der Waals surface area contributed by atoms with Crippen LogP contribution in [0, 0.1) is 6.92 Å². The summed E-state index contributed by atoms with van der Waals surface area (Å²) in [4.78, 5) is 15.8. The Labute approximate surface area is 102 Å². The molecule has 0 bridgehead atoms. The summed E-state index contributed by atoms with van der Waals surface area (Å²) in [6.45, 7) is 8.96. The molecule has 1 heterocycles. The van der Waals surface area contributed by atoms with E-state index in [1.807, 2.05) is 26.0 Å². The van der Waals surface area contributed by atoms with E-state index in [-0.39, 0.29) is 5.91 Å². The molecular weight excluding hydrogens is 216 g/mol. The van der Waals surface area contributed by atoms with E-state index in [4.69, 9.17) is 4.74 Å². The molecule has 0 aliphatic carbocycles. The monoisotopic (exact) mass is 234 g/mol. The number of nitrogens with one attached hydrogen (secondary N) is 1. The molecule has 0 aliphatic rings. The normalized spacial score (nSPS) is 10.0. The molecule has 1 amide bonds. The number of rotatable bonds is 6. The Morgan fingerprint density at radius 3 is 3.00 bits per heavy atom. The van der Waals surface area contributed by atoms with Gasteiger partial charge in [-0.25, -0.2) is 0 Å². The van der Waals surface area contributed by atoms with E-state index in [2.05, 4.69) is 16.9 Å². The van der Waals surface area contributed by atoms with Gasteiger partial charge >= 0.3 is 0 Å². The number of aromatic nitrogens is 1. The van der Waals surface area contributed by atoms with Gasteiger partial charge in [-0.15, -0.1) is 0 Å². The molecule has 0 fully saturated rings. The lowest BCUT2D eigenvalue weighted by Crippen LogP contribution is -2.28. The first-order valence-electron chi connectivity index (χ1n) is 5.53. The number of aryl methyl sites for hydroxylation is 1. The largest absolute Gasteiger partial charge is 0.375 e. The molecule has 0 atom stereocenters. The molecule has 1 aromatic heterocycles. The predicted molar refractivity (Wildman–Crippen MR) is 66.9 cm³/mol. The minimum atomic E-state index is -0.165. The summed E-state index contributed by atoms with van der Waals surface area (Å²) in [6.07, 6.45) is 1.61. The summed E-state index contributed by atoms with van der Waals surface area (Å²) in [7, 11) is 0. The molecule has 92 valence electrons. The summed E-state index contributed by atoms with van der Waals surface area (Å²) < 4.78 is 5.28. The standard InChI is InChI=1S/C13H18N2O2/c1-10(2)9-17-8-7-15-13(16)12-11(3)5-4-6-14-12/h4-6H,1,7-9H2,2-3H3,(H,15,16). The van der Waals surface area contributed by atoms with Gasteiger partial charge in [0.25, 0.3) is 5.91 Å². The van der Waals surface area contributed by atoms with Crippen molar-refractivity contribution in [3.05, 3.63) is 41.7 Å². The van der Waals surface area contributed by atoms with Crippen LogP contribution in [0.4, 0.5) is 0 Å². The van der Waals surface area contributed by atoms with Crippen LogP contribution >= 0.6 is 0 Å². The van der Waals surface area contributed by atoms with E-state index in [1.54, 1.807) is 6.20 Å². The molecule has 1 N–H and O–H groups in total. The van der Waals surface area contributed by atoms with Gasteiger partial charge in [-0.05, 0) is 25.5 Å². The molecule has 1 rings (SSSR count). The first-order chi connectivity index (χ1) is 8.11. The smallest absolute Gasteiger partial charge is 0.270 e. The lowest BCUT2D eigenvalue weighted by atomic mass is 10.2. The van der Waals surface area contributed by atoms with Crippen LogP contribution in [0.25, 0.3) is 0 Å². The number of hydrogen-bond acceptors (Lipinski definition) is 3. The lowest BCUT2D eigenvalue weighted by molar-refractivity contribution is 0.0921. The van der Waals surface area contributed by atoms with Crippen molar-refractivity contribution in [2.24, 2.45) is 0 Å². The van der Waals surface area contributed by atoms with Gasteiger partial charge in [0.15, 0.2) is 0 Å². The lowest BCUT2D eigenvalue weighted by Gasteiger charge is -2.07. The number of pyridine rings is 1. The third kappa shape index (κ3) is 4.78. The van der Waals surface area contributed by atoms with E-state index in [0.717, 1.165) is 11.1 Å². The first kappa shape index (κ1) is 13.4. The Hall–Kier alpha value is -1.68. The Morgan fingerprint density at radius 1 is 1.59 bits per heavy atom. The van der Waals surface area contributed by atoms with Gasteiger partial charge in [-0.2, -0.15) is 0 Å². The molecule has 0 aliphatic heterocycles. The number of nitrogens with zero attached hydrogens (tertiary/aromatic N) is 1. The summed E-state index contributed by atoms with van der Waals surface area (Å²) in [6, 6.07) is 3.67. The third-order valence-corrected chi connectivity index (χ3v) is 2.10. The number of carbonyl (C=O) groups is 1. The van der Waals surface area contributed by atoms with E-state index in [1.165, 1.54) is 0 Å². The quantitative estimate of drug-likeness (QED) is 0.602. The van der Waals surface area contributed by atoms with E-state index < -0.39 is 0 Å². The molecule has 17 heavy (non-hydrogen) atoms. The minimum absolute atomic E-state index is 0.165. The molecule has 0 radical (unpaired) electrons. The Bertz CT molecular complexity index is 402. The van der Waals surface area contributed by atoms with Crippen LogP contribution in [-0.4, -0.2) is 30.6 Å². The Morgan fingerprint density at radius 2 is 2.35 bits per heavy atom. The van der Waals surface area contributed by atoms with Crippen molar-refractivity contribution in [3.8, 4) is 0 Å². The number of ether oxygens (including phenoxy) is 1. The second-order valence-electron chi connectivity index (χ2n) is 3.93. The van der Waals surface area contributed by atoms with Crippen molar-refractivity contribution in [2.45, 2.75) is 13.8 Å². The third-order valence-electron chi connectivity index (χ3n) is 2.10. The summed E-state index contributed by atoms with van der Waals surface area (Å²) in [5.41, 5.74) is 2.30. The fourth-order valence-corrected chi connectivity index (χ4v) is 1.29. The zero-order valence-corrected chi connectivity index (χ0v) is 10.3. The maximum absolute atomic E-state index is 11.7. The van der Waals surface area contributed by atoms with Gasteiger partial charge in [0.1, 0.15) is 5.69 Å². The van der Waals surface area contributed by atoms with Gasteiger partial charge < -0.3 is 10.1 Å². The van der Waals surface area contributed by atoms with E-state index in [0.29, 0.717) is 25.5 Å². The Balaban J connectivity index is 2.31. The highest BCUT2D eigenvalue weighted by Gasteiger charge is 2.08. The molecule has 0 saturated carbocycles. The first-order valence-corrected chi connectivity index (χ1v) is 5.53. The minimum Gasteiger partial charge on any atom is -0.375 e. The maximum Gasteiger partial charge on any atom is 0.270 e. The van der Waals surface area contributed by atoms with Crippen LogP contribution in [0.15, 0.2) is 30.5 Å². The second kappa shape index (κ2) is 6.81. The SMILES string of the molecule is C=C(C)COCCNC(=O)c1ncccc1C. The van der Waals surface area contributed by atoms with Crippen LogP contribution in [0.3, 0.4) is 0 Å². The van der Waals surface area contributed by atoms with Gasteiger partial charge in [0, 0.05) is 12.7 Å². The molecular formula is C13H18N2O2. The van der Waals surface area contributed by atoms with Gasteiger partial charge in [0.05, 0.1) is 13.2 Å². The zero-order chi connectivity index (χ0) is 12.7. The zero-order valence-electron chi connectivity index (χ0n) is 10.3. The van der Waals surface area contributed by atoms with Crippen molar-refractivity contribution in [1.29, 1.82) is 0 Å². The Kier molecular flexibility index (Phi) is 5.36. The van der Waals surface area contributed by atoms with Crippen molar-refractivity contribution in [3.63, 3.8) is 0 Å². The second-order valence-corrected chi connectivity index (χ2v) is 3.93. The van der Waals surface area contributed by atoms with Crippen molar-refractivity contribution < 1.29 is 9.53 Å². The average Bonchev–Trinajstić information content (AvgIpc) is 2.28. The molecule has 4 nitrogen and oxygen atoms in total.